The number of carbonyl (C=O) groups is 1. The van der Waals surface area contributed by atoms with Gasteiger partial charge in [-0.1, -0.05) is 74.5 Å². The first-order valence-corrected chi connectivity index (χ1v) is 12.6. The maximum Gasteiger partial charge on any atom is 0.407 e. The molecule has 3 aromatic rings. The number of halogens is 5. The average molecular weight is 542 g/mol. The molecular weight excluding hydrogens is 513 g/mol. The smallest absolute Gasteiger partial charge is 0.336 e. The van der Waals surface area contributed by atoms with Crippen LogP contribution < -0.4 is 10.6 Å². The summed E-state index contributed by atoms with van der Waals surface area (Å²) in [7, 11) is 0. The Balaban J connectivity index is 1.57. The van der Waals surface area contributed by atoms with E-state index in [1.165, 1.54) is 18.2 Å². The summed E-state index contributed by atoms with van der Waals surface area (Å²) in [6, 6.07) is 15.9. The second-order valence-electron chi connectivity index (χ2n) is 10.3. The molecule has 0 bridgehead atoms. The largest absolute Gasteiger partial charge is 0.407 e. The first kappa shape index (κ1) is 28.2. The summed E-state index contributed by atoms with van der Waals surface area (Å²) >= 11 is 0. The summed E-state index contributed by atoms with van der Waals surface area (Å²) in [5.41, 5.74) is -0.783. The van der Waals surface area contributed by atoms with Crippen molar-refractivity contribution in [2.75, 3.05) is 0 Å². The quantitative estimate of drug-likeness (QED) is 0.293. The fourth-order valence-corrected chi connectivity index (χ4v) is 4.87. The molecule has 0 unspecified atom stereocenters. The predicted octanol–water partition coefficient (Wildman–Crippen LogP) is 6.81. The van der Waals surface area contributed by atoms with Crippen LogP contribution in [0.15, 0.2) is 72.8 Å². The van der Waals surface area contributed by atoms with E-state index in [9.17, 15) is 32.0 Å². The van der Waals surface area contributed by atoms with Crippen LogP contribution >= 0.6 is 0 Å². The number of alkyl halides is 3. The third kappa shape index (κ3) is 6.28. The van der Waals surface area contributed by atoms with Crippen LogP contribution in [0.2, 0.25) is 0 Å². The average Bonchev–Trinajstić information content (AvgIpc) is 3.61. The monoisotopic (exact) mass is 541 g/mol. The van der Waals surface area contributed by atoms with E-state index >= 15 is 0 Å². The molecule has 3 aromatic carbocycles. The maximum atomic E-state index is 14.3. The SMILES string of the molecule is CC(C)C[C@H](N[C@@H](c1ccc(-c2c(F)cccc2F)cc1)C(F)(F)F)C(=O)N[C@]1(C#N)C[C@@H]1c1ccccc1. The number of benzene rings is 3. The molecule has 1 aliphatic rings. The van der Waals surface area contributed by atoms with E-state index in [1.807, 2.05) is 30.3 Å². The molecular formula is C30H28F5N3O. The van der Waals surface area contributed by atoms with Gasteiger partial charge in [-0.05, 0) is 47.6 Å². The van der Waals surface area contributed by atoms with Gasteiger partial charge in [-0.2, -0.15) is 18.4 Å². The Kier molecular flexibility index (Phi) is 8.07. The number of nitrogens with zero attached hydrogens (tertiary/aromatic N) is 1. The molecule has 9 heteroatoms. The van der Waals surface area contributed by atoms with Gasteiger partial charge in [0.15, 0.2) is 0 Å². The molecule has 0 heterocycles. The second kappa shape index (κ2) is 11.1. The van der Waals surface area contributed by atoms with Gasteiger partial charge in [-0.15, -0.1) is 0 Å². The highest BCUT2D eigenvalue weighted by Crippen LogP contribution is 2.51. The number of hydrogen-bond acceptors (Lipinski definition) is 3. The van der Waals surface area contributed by atoms with Gasteiger partial charge in [0.1, 0.15) is 23.2 Å². The summed E-state index contributed by atoms with van der Waals surface area (Å²) in [6.45, 7) is 3.57. The van der Waals surface area contributed by atoms with Gasteiger partial charge in [0.05, 0.1) is 17.7 Å². The van der Waals surface area contributed by atoms with Gasteiger partial charge >= 0.3 is 6.18 Å². The summed E-state index contributed by atoms with van der Waals surface area (Å²) in [5, 5.41) is 15.0. The van der Waals surface area contributed by atoms with E-state index < -0.39 is 41.3 Å². The highest BCUT2D eigenvalue weighted by Gasteiger charge is 2.57. The molecule has 0 aromatic heterocycles. The molecule has 39 heavy (non-hydrogen) atoms. The Morgan fingerprint density at radius 2 is 1.62 bits per heavy atom. The number of rotatable bonds is 9. The number of amides is 1. The van der Waals surface area contributed by atoms with Crippen molar-refractivity contribution in [1.82, 2.24) is 10.6 Å². The van der Waals surface area contributed by atoms with E-state index in [2.05, 4.69) is 16.7 Å². The fraction of sp³-hybridized carbons (Fsp3) is 0.333. The van der Waals surface area contributed by atoms with Crippen molar-refractivity contribution < 1.29 is 26.7 Å². The molecule has 4 nitrogen and oxygen atoms in total. The van der Waals surface area contributed by atoms with Gasteiger partial charge in [0.2, 0.25) is 5.91 Å². The molecule has 1 aliphatic carbocycles. The Morgan fingerprint density at radius 1 is 1.00 bits per heavy atom. The standard InChI is InChI=1S/C30H28F5N3O/c1-18(2)15-25(28(39)38-29(17-36)16-22(29)19-7-4-3-5-8-19)37-27(30(33,34)35)21-13-11-20(12-14-21)26-23(31)9-6-10-24(26)32/h3-14,18,22,25,27,37H,15-16H2,1-2H3,(H,38,39)/t22-,25+,27+,29+/m1/s1. The normalized spacial score (nSPS) is 20.2. The van der Waals surface area contributed by atoms with Gasteiger partial charge < -0.3 is 5.32 Å². The molecule has 4 atom stereocenters. The lowest BCUT2D eigenvalue weighted by molar-refractivity contribution is -0.161. The zero-order valence-electron chi connectivity index (χ0n) is 21.4. The van der Waals surface area contributed by atoms with Crippen LogP contribution in [0.4, 0.5) is 22.0 Å². The highest BCUT2D eigenvalue weighted by molar-refractivity contribution is 5.84. The summed E-state index contributed by atoms with van der Waals surface area (Å²) in [4.78, 5) is 13.3. The van der Waals surface area contributed by atoms with Gasteiger partial charge in [-0.3, -0.25) is 10.1 Å². The zero-order chi connectivity index (χ0) is 28.4. The first-order valence-electron chi connectivity index (χ1n) is 12.6. The number of hydrogen-bond donors (Lipinski definition) is 2. The Morgan fingerprint density at radius 3 is 2.15 bits per heavy atom. The topological polar surface area (TPSA) is 64.9 Å². The van der Waals surface area contributed by atoms with Crippen molar-refractivity contribution in [2.45, 2.75) is 56.4 Å². The Labute approximate surface area is 223 Å². The summed E-state index contributed by atoms with van der Waals surface area (Å²) in [5.74, 6) is -2.74. The molecule has 1 fully saturated rings. The van der Waals surface area contributed by atoms with Crippen molar-refractivity contribution >= 4 is 5.91 Å². The van der Waals surface area contributed by atoms with Gasteiger partial charge in [-0.25, -0.2) is 8.78 Å². The van der Waals surface area contributed by atoms with Crippen molar-refractivity contribution in [2.24, 2.45) is 5.92 Å². The third-order valence-electron chi connectivity index (χ3n) is 6.92. The minimum absolute atomic E-state index is 0.0865. The van der Waals surface area contributed by atoms with Crippen molar-refractivity contribution in [3.63, 3.8) is 0 Å². The Bertz CT molecular complexity index is 1330. The molecule has 2 N–H and O–H groups in total. The van der Waals surface area contributed by atoms with Gasteiger partial charge in [0.25, 0.3) is 0 Å². The lowest BCUT2D eigenvalue weighted by atomic mass is 9.97. The van der Waals surface area contributed by atoms with Crippen LogP contribution in [0.5, 0.6) is 0 Å². The van der Waals surface area contributed by atoms with Crippen LogP contribution in [0.25, 0.3) is 11.1 Å². The van der Waals surface area contributed by atoms with Crippen molar-refractivity contribution in [3.8, 4) is 17.2 Å². The number of nitrogens with one attached hydrogen (secondary N) is 2. The van der Waals surface area contributed by atoms with Crippen molar-refractivity contribution in [3.05, 3.63) is 95.6 Å². The lowest BCUT2D eigenvalue weighted by Gasteiger charge is -2.29. The summed E-state index contributed by atoms with van der Waals surface area (Å²) in [6.07, 6.45) is -4.32. The molecule has 204 valence electrons. The van der Waals surface area contributed by atoms with Crippen LogP contribution in [0.3, 0.4) is 0 Å². The molecule has 0 saturated heterocycles. The van der Waals surface area contributed by atoms with Gasteiger partial charge in [0, 0.05) is 5.92 Å². The first-order chi connectivity index (χ1) is 18.4. The predicted molar refractivity (Wildman–Crippen MR) is 137 cm³/mol. The minimum Gasteiger partial charge on any atom is -0.336 e. The number of nitriles is 1. The third-order valence-corrected chi connectivity index (χ3v) is 6.92. The number of carbonyl (C=O) groups excluding carboxylic acids is 1. The fourth-order valence-electron chi connectivity index (χ4n) is 4.87. The molecule has 1 amide bonds. The van der Waals surface area contributed by atoms with Crippen molar-refractivity contribution in [1.29, 1.82) is 5.26 Å². The van der Waals surface area contributed by atoms with E-state index in [-0.39, 0.29) is 34.9 Å². The molecule has 4 rings (SSSR count). The second-order valence-corrected chi connectivity index (χ2v) is 10.3. The highest BCUT2D eigenvalue weighted by atomic mass is 19.4. The lowest BCUT2D eigenvalue weighted by Crippen LogP contribution is -2.52. The molecule has 1 saturated carbocycles. The Hall–Kier alpha value is -3.77. The van der Waals surface area contributed by atoms with E-state index in [0.29, 0.717) is 6.42 Å². The van der Waals surface area contributed by atoms with Crippen LogP contribution in [0, 0.1) is 28.9 Å². The maximum absolute atomic E-state index is 14.3. The van der Waals surface area contributed by atoms with Crippen LogP contribution in [0.1, 0.15) is 49.8 Å². The minimum atomic E-state index is -4.78. The van der Waals surface area contributed by atoms with Crippen LogP contribution in [-0.2, 0) is 4.79 Å². The van der Waals surface area contributed by atoms with E-state index in [0.717, 1.165) is 29.8 Å². The molecule has 0 radical (unpaired) electrons. The van der Waals surface area contributed by atoms with E-state index in [4.69, 9.17) is 0 Å². The van der Waals surface area contributed by atoms with Crippen LogP contribution in [-0.4, -0.2) is 23.7 Å². The molecule has 0 aliphatic heterocycles. The molecule has 0 spiro atoms. The summed E-state index contributed by atoms with van der Waals surface area (Å²) < 4.78 is 71.1. The van der Waals surface area contributed by atoms with E-state index in [1.54, 1.807) is 13.8 Å². The zero-order valence-corrected chi connectivity index (χ0v) is 21.4.